The molecular weight excluding hydrogens is 216 g/mol. The van der Waals surface area contributed by atoms with E-state index >= 15 is 0 Å². The zero-order chi connectivity index (χ0) is 12.6. The van der Waals surface area contributed by atoms with E-state index in [1.165, 1.54) is 0 Å². The molecule has 0 aromatic carbocycles. The van der Waals surface area contributed by atoms with Gasteiger partial charge in [0.1, 0.15) is 5.75 Å². The van der Waals surface area contributed by atoms with E-state index < -0.39 is 0 Å². The number of nitrogens with zero attached hydrogens (tertiary/aromatic N) is 2. The van der Waals surface area contributed by atoms with Crippen LogP contribution in [0.2, 0.25) is 0 Å². The van der Waals surface area contributed by atoms with Crippen LogP contribution in [0.15, 0.2) is 29.3 Å². The zero-order valence-electron chi connectivity index (χ0n) is 10.1. The van der Waals surface area contributed by atoms with Crippen molar-refractivity contribution in [1.29, 1.82) is 0 Å². The Balaban J connectivity index is 2.82. The van der Waals surface area contributed by atoms with Gasteiger partial charge in [0.05, 0.1) is 11.3 Å². The molecule has 4 heteroatoms. The summed E-state index contributed by atoms with van der Waals surface area (Å²) >= 11 is 0. The Kier molecular flexibility index (Phi) is 2.71. The van der Waals surface area contributed by atoms with E-state index in [2.05, 4.69) is 4.98 Å². The number of aromatic hydroxyl groups is 1. The van der Waals surface area contributed by atoms with Crippen LogP contribution in [0.4, 0.5) is 0 Å². The number of rotatable bonds is 1. The molecule has 2 rings (SSSR count). The van der Waals surface area contributed by atoms with Crippen molar-refractivity contribution in [3.8, 4) is 11.4 Å². The highest BCUT2D eigenvalue weighted by Gasteiger charge is 2.11. The Morgan fingerprint density at radius 2 is 2.00 bits per heavy atom. The molecule has 0 bridgehead atoms. The number of hydrogen-bond donors (Lipinski definition) is 1. The van der Waals surface area contributed by atoms with Gasteiger partial charge in [0.25, 0.3) is 5.56 Å². The second kappa shape index (κ2) is 4.05. The van der Waals surface area contributed by atoms with Gasteiger partial charge in [-0.2, -0.15) is 0 Å². The summed E-state index contributed by atoms with van der Waals surface area (Å²) in [6.45, 7) is 5.31. The maximum absolute atomic E-state index is 12.1. The highest BCUT2D eigenvalue weighted by molar-refractivity contribution is 5.43. The molecule has 0 unspecified atom stereocenters. The topological polar surface area (TPSA) is 55.1 Å². The van der Waals surface area contributed by atoms with Gasteiger partial charge >= 0.3 is 0 Å². The minimum atomic E-state index is -0.197. The third kappa shape index (κ3) is 1.82. The fourth-order valence-electron chi connectivity index (χ4n) is 1.82. The van der Waals surface area contributed by atoms with Gasteiger partial charge in [-0.1, -0.05) is 0 Å². The largest absolute Gasteiger partial charge is 0.507 e. The molecular formula is C13H14N2O2. The van der Waals surface area contributed by atoms with E-state index in [-0.39, 0.29) is 11.3 Å². The molecule has 4 nitrogen and oxygen atoms in total. The molecule has 17 heavy (non-hydrogen) atoms. The summed E-state index contributed by atoms with van der Waals surface area (Å²) in [7, 11) is 0. The summed E-state index contributed by atoms with van der Waals surface area (Å²) in [5.41, 5.74) is 2.57. The van der Waals surface area contributed by atoms with E-state index in [0.717, 1.165) is 11.3 Å². The van der Waals surface area contributed by atoms with Crippen molar-refractivity contribution < 1.29 is 5.11 Å². The molecule has 2 aromatic rings. The second-order valence-corrected chi connectivity index (χ2v) is 4.10. The van der Waals surface area contributed by atoms with E-state index in [1.54, 1.807) is 42.9 Å². The first-order valence-electron chi connectivity index (χ1n) is 5.35. The minimum Gasteiger partial charge on any atom is -0.507 e. The van der Waals surface area contributed by atoms with E-state index in [0.29, 0.717) is 11.3 Å². The average molecular weight is 230 g/mol. The number of pyridine rings is 2. The zero-order valence-corrected chi connectivity index (χ0v) is 10.1. The second-order valence-electron chi connectivity index (χ2n) is 4.10. The molecule has 0 aliphatic rings. The Morgan fingerprint density at radius 3 is 2.65 bits per heavy atom. The predicted molar refractivity (Wildman–Crippen MR) is 65.7 cm³/mol. The summed E-state index contributed by atoms with van der Waals surface area (Å²) in [6, 6.07) is 3.39. The molecule has 0 aliphatic heterocycles. The minimum absolute atomic E-state index is 0.0375. The van der Waals surface area contributed by atoms with Gasteiger partial charge in [0.2, 0.25) is 0 Å². The first-order valence-corrected chi connectivity index (χ1v) is 5.35. The normalized spacial score (nSPS) is 10.5. The Bertz CT molecular complexity index is 630. The molecule has 0 fully saturated rings. The van der Waals surface area contributed by atoms with Gasteiger partial charge in [0, 0.05) is 24.2 Å². The number of aryl methyl sites for hydroxylation is 2. The van der Waals surface area contributed by atoms with E-state index in [4.69, 9.17) is 0 Å². The number of aromatic nitrogens is 2. The standard InChI is InChI=1S/C13H14N2O2/c1-8-7-14-5-4-11(8)15-9(2)6-12(16)10(3)13(15)17/h4-7,16H,1-3H3. The first-order chi connectivity index (χ1) is 8.02. The lowest BCUT2D eigenvalue weighted by Gasteiger charge is -2.13. The van der Waals surface area contributed by atoms with Gasteiger partial charge in [0.15, 0.2) is 0 Å². The quantitative estimate of drug-likeness (QED) is 0.813. The smallest absolute Gasteiger partial charge is 0.261 e. The van der Waals surface area contributed by atoms with Gasteiger partial charge < -0.3 is 5.11 Å². The van der Waals surface area contributed by atoms with Crippen LogP contribution in [0, 0.1) is 20.8 Å². The first kappa shape index (κ1) is 11.4. The molecule has 0 spiro atoms. The summed E-state index contributed by atoms with van der Waals surface area (Å²) in [5.74, 6) is 0.0375. The maximum Gasteiger partial charge on any atom is 0.261 e. The van der Waals surface area contributed by atoms with Gasteiger partial charge in [-0.25, -0.2) is 0 Å². The summed E-state index contributed by atoms with van der Waals surface area (Å²) in [6.07, 6.45) is 3.36. The van der Waals surface area contributed by atoms with Crippen molar-refractivity contribution in [1.82, 2.24) is 9.55 Å². The van der Waals surface area contributed by atoms with Gasteiger partial charge in [-0.05, 0) is 32.4 Å². The van der Waals surface area contributed by atoms with Crippen LogP contribution < -0.4 is 5.56 Å². The fourth-order valence-corrected chi connectivity index (χ4v) is 1.82. The van der Waals surface area contributed by atoms with Crippen LogP contribution in [0.3, 0.4) is 0 Å². The van der Waals surface area contributed by atoms with Crippen molar-refractivity contribution >= 4 is 0 Å². The summed E-state index contributed by atoms with van der Waals surface area (Å²) in [4.78, 5) is 16.2. The van der Waals surface area contributed by atoms with E-state index in [1.807, 2.05) is 6.92 Å². The van der Waals surface area contributed by atoms with Crippen LogP contribution in [-0.2, 0) is 0 Å². The van der Waals surface area contributed by atoms with Crippen LogP contribution in [-0.4, -0.2) is 14.7 Å². The van der Waals surface area contributed by atoms with Crippen molar-refractivity contribution in [2.45, 2.75) is 20.8 Å². The lowest BCUT2D eigenvalue weighted by molar-refractivity contribution is 0.467. The summed E-state index contributed by atoms with van der Waals surface area (Å²) < 4.78 is 1.59. The summed E-state index contributed by atoms with van der Waals surface area (Å²) in [5, 5.41) is 9.60. The fraction of sp³-hybridized carbons (Fsp3) is 0.231. The molecule has 0 aliphatic carbocycles. The Hall–Kier alpha value is -2.10. The molecule has 0 saturated heterocycles. The third-order valence-corrected chi connectivity index (χ3v) is 2.84. The van der Waals surface area contributed by atoms with Crippen molar-refractivity contribution in [2.24, 2.45) is 0 Å². The van der Waals surface area contributed by atoms with Crippen LogP contribution >= 0.6 is 0 Å². The molecule has 1 N–H and O–H groups in total. The lowest BCUT2D eigenvalue weighted by Crippen LogP contribution is -2.23. The molecule has 0 atom stereocenters. The number of hydrogen-bond acceptors (Lipinski definition) is 3. The Labute approximate surface area is 99.2 Å². The highest BCUT2D eigenvalue weighted by atomic mass is 16.3. The van der Waals surface area contributed by atoms with Gasteiger partial charge in [-0.15, -0.1) is 0 Å². The molecule has 88 valence electrons. The van der Waals surface area contributed by atoms with Crippen molar-refractivity contribution in [2.75, 3.05) is 0 Å². The van der Waals surface area contributed by atoms with E-state index in [9.17, 15) is 9.90 Å². The van der Waals surface area contributed by atoms with Crippen molar-refractivity contribution in [3.05, 3.63) is 51.7 Å². The SMILES string of the molecule is Cc1cnccc1-n1c(C)cc(O)c(C)c1=O. The monoisotopic (exact) mass is 230 g/mol. The van der Waals surface area contributed by atoms with Crippen LogP contribution in [0.1, 0.15) is 16.8 Å². The lowest BCUT2D eigenvalue weighted by atomic mass is 10.2. The van der Waals surface area contributed by atoms with Gasteiger partial charge in [-0.3, -0.25) is 14.3 Å². The predicted octanol–water partition coefficient (Wildman–Crippen LogP) is 1.86. The van der Waals surface area contributed by atoms with Crippen LogP contribution in [0.5, 0.6) is 5.75 Å². The maximum atomic E-state index is 12.1. The third-order valence-electron chi connectivity index (χ3n) is 2.84. The Morgan fingerprint density at radius 1 is 1.29 bits per heavy atom. The van der Waals surface area contributed by atoms with Crippen molar-refractivity contribution in [3.63, 3.8) is 0 Å². The van der Waals surface area contributed by atoms with Crippen LogP contribution in [0.25, 0.3) is 5.69 Å². The molecule has 0 radical (unpaired) electrons. The molecule has 0 saturated carbocycles. The molecule has 0 amide bonds. The highest BCUT2D eigenvalue weighted by Crippen LogP contribution is 2.18. The molecule has 2 aromatic heterocycles. The average Bonchev–Trinajstić information content (AvgIpc) is 2.29. The molecule has 2 heterocycles.